The average Bonchev–Trinajstić information content (AvgIpc) is 3.38. The molecule has 6 nitrogen and oxygen atoms in total. The molecule has 0 aliphatic carbocycles. The maximum Gasteiger partial charge on any atom is 0.156 e. The molecule has 0 bridgehead atoms. The van der Waals surface area contributed by atoms with E-state index in [1.807, 2.05) is 41.4 Å². The fourth-order valence-corrected chi connectivity index (χ4v) is 3.83. The van der Waals surface area contributed by atoms with Gasteiger partial charge in [0.25, 0.3) is 0 Å². The zero-order valence-corrected chi connectivity index (χ0v) is 15.0. The van der Waals surface area contributed by atoms with Gasteiger partial charge in [-0.15, -0.1) is 0 Å². The van der Waals surface area contributed by atoms with Gasteiger partial charge < -0.3 is 4.42 Å². The van der Waals surface area contributed by atoms with Crippen LogP contribution in [0, 0.1) is 0 Å². The molecule has 5 heterocycles. The van der Waals surface area contributed by atoms with Crippen molar-refractivity contribution in [2.24, 2.45) is 0 Å². The Kier molecular flexibility index (Phi) is 4.18. The van der Waals surface area contributed by atoms with Crippen LogP contribution in [0.4, 0.5) is 0 Å². The first-order valence-electron chi connectivity index (χ1n) is 9.35. The largest absolute Gasteiger partial charge is 0.472 e. The van der Waals surface area contributed by atoms with Crippen LogP contribution in [0.5, 0.6) is 0 Å². The van der Waals surface area contributed by atoms with E-state index in [9.17, 15) is 0 Å². The van der Waals surface area contributed by atoms with Crippen molar-refractivity contribution in [1.29, 1.82) is 0 Å². The first kappa shape index (κ1) is 16.2. The van der Waals surface area contributed by atoms with E-state index in [2.05, 4.69) is 22.0 Å². The molecule has 1 fully saturated rings. The van der Waals surface area contributed by atoms with Crippen LogP contribution in [-0.4, -0.2) is 37.6 Å². The van der Waals surface area contributed by atoms with Gasteiger partial charge in [0.05, 0.1) is 12.5 Å². The Morgan fingerprint density at radius 1 is 1.15 bits per heavy atom. The van der Waals surface area contributed by atoms with Crippen molar-refractivity contribution in [3.63, 3.8) is 0 Å². The zero-order chi connectivity index (χ0) is 18.1. The summed E-state index contributed by atoms with van der Waals surface area (Å²) in [6.07, 6.45) is 11.6. The highest BCUT2D eigenvalue weighted by Gasteiger charge is 2.25. The van der Waals surface area contributed by atoms with Crippen molar-refractivity contribution < 1.29 is 4.42 Å². The van der Waals surface area contributed by atoms with Crippen molar-refractivity contribution >= 4 is 5.65 Å². The van der Waals surface area contributed by atoms with Gasteiger partial charge in [-0.3, -0.25) is 9.88 Å². The highest BCUT2D eigenvalue weighted by atomic mass is 16.3. The monoisotopic (exact) mass is 359 g/mol. The van der Waals surface area contributed by atoms with E-state index >= 15 is 0 Å². The molecular weight excluding hydrogens is 338 g/mol. The van der Waals surface area contributed by atoms with Gasteiger partial charge in [-0.1, -0.05) is 6.07 Å². The van der Waals surface area contributed by atoms with Crippen LogP contribution in [-0.2, 0) is 6.54 Å². The molecular formula is C21H21N5O. The summed E-state index contributed by atoms with van der Waals surface area (Å²) < 4.78 is 7.09. The van der Waals surface area contributed by atoms with Crippen LogP contribution in [0.2, 0.25) is 0 Å². The first-order chi connectivity index (χ1) is 13.3. The molecule has 5 rings (SSSR count). The van der Waals surface area contributed by atoms with Crippen LogP contribution < -0.4 is 0 Å². The van der Waals surface area contributed by atoms with Crippen LogP contribution >= 0.6 is 0 Å². The molecule has 6 heteroatoms. The summed E-state index contributed by atoms with van der Waals surface area (Å²) >= 11 is 0. The van der Waals surface area contributed by atoms with E-state index in [0.29, 0.717) is 5.92 Å². The fourth-order valence-electron chi connectivity index (χ4n) is 3.83. The maximum atomic E-state index is 5.20. The minimum Gasteiger partial charge on any atom is -0.472 e. The van der Waals surface area contributed by atoms with Gasteiger partial charge in [-0.05, 0) is 43.7 Å². The van der Waals surface area contributed by atoms with E-state index in [4.69, 9.17) is 14.5 Å². The van der Waals surface area contributed by atoms with Crippen molar-refractivity contribution in [1.82, 2.24) is 24.5 Å². The summed E-state index contributed by atoms with van der Waals surface area (Å²) in [5, 5.41) is 4.79. The molecule has 0 amide bonds. The fraction of sp³-hybridized carbons (Fsp3) is 0.286. The van der Waals surface area contributed by atoms with Gasteiger partial charge in [0.1, 0.15) is 0 Å². The predicted octanol–water partition coefficient (Wildman–Crippen LogP) is 3.76. The Morgan fingerprint density at radius 3 is 3.00 bits per heavy atom. The summed E-state index contributed by atoms with van der Waals surface area (Å²) in [5.41, 5.74) is 4.29. The molecule has 0 N–H and O–H groups in total. The molecule has 1 aliphatic rings. The zero-order valence-electron chi connectivity index (χ0n) is 15.0. The quantitative estimate of drug-likeness (QED) is 0.555. The number of fused-ring (bicyclic) bond motifs is 1. The molecule has 0 spiro atoms. The number of aromatic nitrogens is 4. The number of pyridine rings is 2. The molecule has 0 saturated carbocycles. The van der Waals surface area contributed by atoms with E-state index in [0.717, 1.165) is 48.7 Å². The average molecular weight is 359 g/mol. The third kappa shape index (κ3) is 3.36. The highest BCUT2D eigenvalue weighted by molar-refractivity contribution is 5.63. The van der Waals surface area contributed by atoms with Gasteiger partial charge in [-0.25, -0.2) is 9.50 Å². The number of nitrogens with zero attached hydrogens (tertiary/aromatic N) is 5. The lowest BCUT2D eigenvalue weighted by Crippen LogP contribution is -2.34. The van der Waals surface area contributed by atoms with Crippen LogP contribution in [0.3, 0.4) is 0 Å². The van der Waals surface area contributed by atoms with Gasteiger partial charge >= 0.3 is 0 Å². The third-order valence-electron chi connectivity index (χ3n) is 5.20. The van der Waals surface area contributed by atoms with Crippen molar-refractivity contribution in [3.05, 3.63) is 72.8 Å². The van der Waals surface area contributed by atoms with E-state index in [1.54, 1.807) is 12.5 Å². The number of hydrogen-bond acceptors (Lipinski definition) is 5. The van der Waals surface area contributed by atoms with Gasteiger partial charge in [-0.2, -0.15) is 5.10 Å². The standard InChI is InChI=1S/C21H21N5O/c1-3-17(11-22-8-1)18-5-6-20-23-21(24-26(20)14-18)19-4-2-9-25(13-19)12-16-7-10-27-15-16/h1,3,5-8,10-11,14-15,19H,2,4,9,12-13H2/t19-/m0/s1. The highest BCUT2D eigenvalue weighted by Crippen LogP contribution is 2.27. The second-order valence-electron chi connectivity index (χ2n) is 7.14. The summed E-state index contributed by atoms with van der Waals surface area (Å²) in [6.45, 7) is 3.02. The summed E-state index contributed by atoms with van der Waals surface area (Å²) in [6, 6.07) is 10.2. The van der Waals surface area contributed by atoms with Gasteiger partial charge in [0, 0.05) is 54.3 Å². The second-order valence-corrected chi connectivity index (χ2v) is 7.14. The van der Waals surface area contributed by atoms with E-state index in [-0.39, 0.29) is 0 Å². The first-order valence-corrected chi connectivity index (χ1v) is 9.35. The van der Waals surface area contributed by atoms with Crippen molar-refractivity contribution in [2.75, 3.05) is 13.1 Å². The third-order valence-corrected chi connectivity index (χ3v) is 5.20. The second kappa shape index (κ2) is 6.96. The number of piperidine rings is 1. The smallest absolute Gasteiger partial charge is 0.156 e. The van der Waals surface area contributed by atoms with Crippen LogP contribution in [0.15, 0.2) is 65.9 Å². The van der Waals surface area contributed by atoms with Gasteiger partial charge in [0.2, 0.25) is 0 Å². The molecule has 1 saturated heterocycles. The lowest BCUT2D eigenvalue weighted by atomic mass is 9.97. The summed E-state index contributed by atoms with van der Waals surface area (Å²) in [7, 11) is 0. The molecule has 27 heavy (non-hydrogen) atoms. The summed E-state index contributed by atoms with van der Waals surface area (Å²) in [4.78, 5) is 11.5. The minimum absolute atomic E-state index is 0.368. The molecule has 136 valence electrons. The Balaban J connectivity index is 1.38. The van der Waals surface area contributed by atoms with Gasteiger partial charge in [0.15, 0.2) is 11.5 Å². The topological polar surface area (TPSA) is 59.5 Å². The van der Waals surface area contributed by atoms with Crippen LogP contribution in [0.25, 0.3) is 16.8 Å². The Hall–Kier alpha value is -2.99. The summed E-state index contributed by atoms with van der Waals surface area (Å²) in [5.74, 6) is 1.31. The number of likely N-dealkylation sites (tertiary alicyclic amines) is 1. The molecule has 1 atom stereocenters. The molecule has 4 aromatic heterocycles. The SMILES string of the molecule is c1cncc(-c2ccc3nc([C@H]4CCCN(Cc5ccoc5)C4)nn3c2)c1. The predicted molar refractivity (Wildman–Crippen MR) is 102 cm³/mol. The van der Waals surface area contributed by atoms with Crippen LogP contribution in [0.1, 0.15) is 30.1 Å². The molecule has 0 aromatic carbocycles. The normalized spacial score (nSPS) is 18.1. The Morgan fingerprint density at radius 2 is 2.15 bits per heavy atom. The number of rotatable bonds is 4. The maximum absolute atomic E-state index is 5.20. The van der Waals surface area contributed by atoms with E-state index in [1.165, 1.54) is 12.0 Å². The Labute approximate surface area is 157 Å². The lowest BCUT2D eigenvalue weighted by Gasteiger charge is -2.30. The lowest BCUT2D eigenvalue weighted by molar-refractivity contribution is 0.196. The molecule has 0 unspecified atom stereocenters. The van der Waals surface area contributed by atoms with Crippen molar-refractivity contribution in [3.8, 4) is 11.1 Å². The molecule has 0 radical (unpaired) electrons. The Bertz CT molecular complexity index is 1030. The van der Waals surface area contributed by atoms with E-state index < -0.39 is 0 Å². The van der Waals surface area contributed by atoms with Crippen molar-refractivity contribution in [2.45, 2.75) is 25.3 Å². The number of hydrogen-bond donors (Lipinski definition) is 0. The number of furan rings is 1. The molecule has 1 aliphatic heterocycles. The minimum atomic E-state index is 0.368. The molecule has 4 aromatic rings.